The van der Waals surface area contributed by atoms with Crippen LogP contribution in [0.15, 0.2) is 60.7 Å². The molecule has 44 heavy (non-hydrogen) atoms. The first-order valence-corrected chi connectivity index (χ1v) is 15.8. The molecular formula is C36H45F2N3O3. The largest absolute Gasteiger partial charge is 0.390 e. The highest BCUT2D eigenvalue weighted by Crippen LogP contribution is 2.25. The molecule has 3 N–H and O–H groups in total. The molecule has 8 heteroatoms. The molecule has 1 fully saturated rings. The van der Waals surface area contributed by atoms with Crippen molar-refractivity contribution in [1.29, 1.82) is 0 Å². The van der Waals surface area contributed by atoms with Crippen molar-refractivity contribution in [3.05, 3.63) is 106 Å². The van der Waals surface area contributed by atoms with Crippen LogP contribution in [0.3, 0.4) is 0 Å². The molecule has 6 nitrogen and oxygen atoms in total. The third-order valence-electron chi connectivity index (χ3n) is 8.36. The second-order valence-electron chi connectivity index (χ2n) is 12.0. The van der Waals surface area contributed by atoms with Crippen LogP contribution in [-0.2, 0) is 19.4 Å². The van der Waals surface area contributed by atoms with E-state index in [0.29, 0.717) is 29.8 Å². The van der Waals surface area contributed by atoms with Crippen LogP contribution in [0.4, 0.5) is 8.78 Å². The van der Waals surface area contributed by atoms with E-state index < -0.39 is 29.7 Å². The van der Waals surface area contributed by atoms with Crippen LogP contribution in [0.1, 0.15) is 88.9 Å². The Balaban J connectivity index is 1.50. The minimum atomic E-state index is -1.06. The fraction of sp³-hybridized carbons (Fsp3) is 0.444. The van der Waals surface area contributed by atoms with Crippen LogP contribution in [0.25, 0.3) is 0 Å². The normalized spacial score (nSPS) is 16.1. The molecule has 0 saturated carbocycles. The van der Waals surface area contributed by atoms with Crippen LogP contribution in [0.5, 0.6) is 0 Å². The SMILES string of the molecule is CCCC[C@H]1CCCN1C(=O)c1cc(C)cc(C(=O)N[C@@H](Cc2cc(F)cc(F)c2)[C@@H](O)CNCc2cccc(CC)c2)c1. The summed E-state index contributed by atoms with van der Waals surface area (Å²) in [5, 5.41) is 17.3. The van der Waals surface area contributed by atoms with Crippen molar-refractivity contribution in [3.63, 3.8) is 0 Å². The van der Waals surface area contributed by atoms with Crippen LogP contribution in [0.2, 0.25) is 0 Å². The number of benzene rings is 3. The zero-order chi connectivity index (χ0) is 31.6. The maximum absolute atomic E-state index is 14.0. The Hall–Kier alpha value is -3.62. The van der Waals surface area contributed by atoms with Crippen molar-refractivity contribution < 1.29 is 23.5 Å². The topological polar surface area (TPSA) is 81.7 Å². The van der Waals surface area contributed by atoms with Crippen LogP contribution < -0.4 is 10.6 Å². The monoisotopic (exact) mass is 605 g/mol. The Kier molecular flexibility index (Phi) is 12.0. The number of aliphatic hydroxyl groups is 1. The molecule has 1 aliphatic heterocycles. The average Bonchev–Trinajstić information content (AvgIpc) is 3.47. The first kappa shape index (κ1) is 33.3. The molecule has 1 heterocycles. The number of hydrogen-bond donors (Lipinski definition) is 3. The summed E-state index contributed by atoms with van der Waals surface area (Å²) in [6.07, 6.45) is 4.94. The van der Waals surface area contributed by atoms with Crippen LogP contribution in [0, 0.1) is 18.6 Å². The molecule has 0 radical (unpaired) electrons. The first-order valence-electron chi connectivity index (χ1n) is 15.8. The van der Waals surface area contributed by atoms with Gasteiger partial charge in [0.1, 0.15) is 11.6 Å². The lowest BCUT2D eigenvalue weighted by molar-refractivity contribution is 0.0728. The summed E-state index contributed by atoms with van der Waals surface area (Å²) < 4.78 is 28.0. The molecule has 236 valence electrons. The van der Waals surface area contributed by atoms with Gasteiger partial charge in [-0.05, 0) is 91.6 Å². The zero-order valence-electron chi connectivity index (χ0n) is 26.0. The van der Waals surface area contributed by atoms with Gasteiger partial charge in [0.15, 0.2) is 0 Å². The van der Waals surface area contributed by atoms with Gasteiger partial charge in [0.2, 0.25) is 0 Å². The van der Waals surface area contributed by atoms with E-state index in [1.165, 1.54) is 17.7 Å². The summed E-state index contributed by atoms with van der Waals surface area (Å²) in [6.45, 7) is 7.43. The Bertz CT molecular complexity index is 1410. The van der Waals surface area contributed by atoms with Gasteiger partial charge in [-0.25, -0.2) is 8.78 Å². The number of carbonyl (C=O) groups is 2. The van der Waals surface area contributed by atoms with E-state index in [9.17, 15) is 23.5 Å². The van der Waals surface area contributed by atoms with Crippen molar-refractivity contribution >= 4 is 11.8 Å². The van der Waals surface area contributed by atoms with Crippen LogP contribution >= 0.6 is 0 Å². The van der Waals surface area contributed by atoms with Gasteiger partial charge in [-0.1, -0.05) is 51.0 Å². The minimum Gasteiger partial charge on any atom is -0.390 e. The highest BCUT2D eigenvalue weighted by atomic mass is 19.1. The van der Waals surface area contributed by atoms with Crippen molar-refractivity contribution in [3.8, 4) is 0 Å². The summed E-state index contributed by atoms with van der Waals surface area (Å²) in [6, 6.07) is 15.8. The highest BCUT2D eigenvalue weighted by Gasteiger charge is 2.30. The minimum absolute atomic E-state index is 0.0130. The number of rotatable bonds is 14. The predicted molar refractivity (Wildman–Crippen MR) is 170 cm³/mol. The van der Waals surface area contributed by atoms with E-state index >= 15 is 0 Å². The fourth-order valence-electron chi connectivity index (χ4n) is 6.03. The molecule has 2 amide bonds. The van der Waals surface area contributed by atoms with Gasteiger partial charge >= 0.3 is 0 Å². The Morgan fingerprint density at radius 1 is 0.977 bits per heavy atom. The standard InChI is InChI=1S/C36H45F2N3O3/c1-4-6-11-32-12-8-13-41(32)36(44)29-15-24(3)14-28(20-29)35(43)40-33(19-27-17-30(37)21-31(38)18-27)34(42)23-39-22-26-10-7-9-25(5-2)16-26/h7,9-10,14-18,20-21,32-34,39,42H,4-6,8,11-13,19,22-23H2,1-3H3,(H,40,43)/t32-,33-,34-/m0/s1. The Morgan fingerprint density at radius 2 is 1.70 bits per heavy atom. The number of carbonyl (C=O) groups excluding carboxylic acids is 2. The maximum atomic E-state index is 14.0. The van der Waals surface area contributed by atoms with Crippen LogP contribution in [-0.4, -0.2) is 53.1 Å². The predicted octanol–water partition coefficient (Wildman–Crippen LogP) is 6.12. The number of hydrogen-bond acceptors (Lipinski definition) is 4. The number of nitrogens with one attached hydrogen (secondary N) is 2. The number of halogens is 2. The molecule has 1 saturated heterocycles. The number of aryl methyl sites for hydroxylation is 2. The lowest BCUT2D eigenvalue weighted by atomic mass is 9.99. The zero-order valence-corrected chi connectivity index (χ0v) is 26.0. The smallest absolute Gasteiger partial charge is 0.254 e. The van der Waals surface area contributed by atoms with Gasteiger partial charge in [0.25, 0.3) is 11.8 Å². The molecule has 4 rings (SSSR count). The van der Waals surface area contributed by atoms with Gasteiger partial charge < -0.3 is 20.6 Å². The summed E-state index contributed by atoms with van der Waals surface area (Å²) >= 11 is 0. The molecule has 0 aromatic heterocycles. The lowest BCUT2D eigenvalue weighted by Gasteiger charge is -2.26. The molecule has 0 aliphatic carbocycles. The molecule has 0 unspecified atom stereocenters. The van der Waals surface area contributed by atoms with Gasteiger partial charge in [-0.15, -0.1) is 0 Å². The van der Waals surface area contributed by atoms with Crippen molar-refractivity contribution in [1.82, 2.24) is 15.5 Å². The fourth-order valence-corrected chi connectivity index (χ4v) is 6.03. The average molecular weight is 606 g/mol. The van der Waals surface area contributed by atoms with E-state index in [1.807, 2.05) is 24.0 Å². The third-order valence-corrected chi connectivity index (χ3v) is 8.36. The molecule has 0 bridgehead atoms. The molecule has 0 spiro atoms. The van der Waals surface area contributed by atoms with E-state index in [4.69, 9.17) is 0 Å². The number of amides is 2. The quantitative estimate of drug-likeness (QED) is 0.207. The third kappa shape index (κ3) is 9.19. The Morgan fingerprint density at radius 3 is 2.43 bits per heavy atom. The van der Waals surface area contributed by atoms with E-state index in [2.05, 4.69) is 36.6 Å². The molecule has 3 atom stereocenters. The van der Waals surface area contributed by atoms with Gasteiger partial charge in [-0.2, -0.15) is 0 Å². The van der Waals surface area contributed by atoms with E-state index in [1.54, 1.807) is 18.2 Å². The number of nitrogens with zero attached hydrogens (tertiary/aromatic N) is 1. The number of unbranched alkanes of at least 4 members (excludes halogenated alkanes) is 1. The second-order valence-corrected chi connectivity index (χ2v) is 12.0. The highest BCUT2D eigenvalue weighted by molar-refractivity contribution is 6.00. The summed E-state index contributed by atoms with van der Waals surface area (Å²) in [5.41, 5.74) is 4.11. The maximum Gasteiger partial charge on any atom is 0.254 e. The Labute approximate surface area is 259 Å². The van der Waals surface area contributed by atoms with Gasteiger partial charge in [-0.3, -0.25) is 9.59 Å². The summed E-state index contributed by atoms with van der Waals surface area (Å²) in [5.74, 6) is -2.00. The summed E-state index contributed by atoms with van der Waals surface area (Å²) in [7, 11) is 0. The first-order chi connectivity index (χ1) is 21.2. The van der Waals surface area contributed by atoms with Crippen molar-refractivity contribution in [2.24, 2.45) is 0 Å². The molecule has 3 aromatic carbocycles. The second kappa shape index (κ2) is 15.9. The van der Waals surface area contributed by atoms with E-state index in [-0.39, 0.29) is 24.9 Å². The van der Waals surface area contributed by atoms with Crippen molar-refractivity contribution in [2.45, 2.75) is 90.4 Å². The summed E-state index contributed by atoms with van der Waals surface area (Å²) in [4.78, 5) is 29.1. The lowest BCUT2D eigenvalue weighted by Crippen LogP contribution is -2.48. The molecule has 3 aromatic rings. The number of likely N-dealkylation sites (tertiary alicyclic amines) is 1. The van der Waals surface area contributed by atoms with E-state index in [0.717, 1.165) is 55.7 Å². The molecule has 1 aliphatic rings. The van der Waals surface area contributed by atoms with Gasteiger partial charge in [0, 0.05) is 42.9 Å². The van der Waals surface area contributed by atoms with Crippen molar-refractivity contribution in [2.75, 3.05) is 13.1 Å². The van der Waals surface area contributed by atoms with Gasteiger partial charge in [0.05, 0.1) is 12.1 Å². The molecular weight excluding hydrogens is 560 g/mol. The number of aliphatic hydroxyl groups excluding tert-OH is 1.